The topological polar surface area (TPSA) is 73.0 Å². The van der Waals surface area contributed by atoms with Crippen LogP contribution in [0.5, 0.6) is 0 Å². The highest BCUT2D eigenvalue weighted by atomic mass is 32.2. The highest BCUT2D eigenvalue weighted by Gasteiger charge is 2.25. The highest BCUT2D eigenvalue weighted by molar-refractivity contribution is 7.99. The standard InChI is InChI=1S/C22H26N4O2S/c1-16-8-5-6-9-17(16)14-23-20(27)15-29-22-25-24-21(19-12-7-13-28-19)26(22)18-10-3-2-4-11-18/h5-9,12-13,18H,2-4,10-11,14-15H2,1H3,(H,23,27). The molecule has 0 bridgehead atoms. The van der Waals surface area contributed by atoms with E-state index in [2.05, 4.69) is 33.1 Å². The highest BCUT2D eigenvalue weighted by Crippen LogP contribution is 2.35. The smallest absolute Gasteiger partial charge is 0.230 e. The molecule has 1 amide bonds. The molecule has 29 heavy (non-hydrogen) atoms. The number of aryl methyl sites for hydroxylation is 1. The number of furan rings is 1. The summed E-state index contributed by atoms with van der Waals surface area (Å²) in [4.78, 5) is 12.4. The van der Waals surface area contributed by atoms with Gasteiger partial charge in [-0.2, -0.15) is 0 Å². The number of rotatable bonds is 7. The molecule has 0 aliphatic heterocycles. The Morgan fingerprint density at radius 2 is 2.00 bits per heavy atom. The molecule has 2 heterocycles. The van der Waals surface area contributed by atoms with Gasteiger partial charge in [-0.05, 0) is 43.0 Å². The van der Waals surface area contributed by atoms with Crippen LogP contribution < -0.4 is 5.32 Å². The average molecular weight is 411 g/mol. The van der Waals surface area contributed by atoms with E-state index in [1.807, 2.05) is 30.3 Å². The van der Waals surface area contributed by atoms with E-state index < -0.39 is 0 Å². The van der Waals surface area contributed by atoms with Gasteiger partial charge in [0.1, 0.15) is 0 Å². The number of nitrogens with one attached hydrogen (secondary N) is 1. The van der Waals surface area contributed by atoms with Crippen LogP contribution in [0.15, 0.2) is 52.2 Å². The van der Waals surface area contributed by atoms with Crippen LogP contribution in [0.3, 0.4) is 0 Å². The monoisotopic (exact) mass is 410 g/mol. The van der Waals surface area contributed by atoms with Gasteiger partial charge >= 0.3 is 0 Å². The third-order valence-electron chi connectivity index (χ3n) is 5.42. The molecule has 2 aromatic heterocycles. The largest absolute Gasteiger partial charge is 0.461 e. The molecule has 6 nitrogen and oxygen atoms in total. The second-order valence-corrected chi connectivity index (χ2v) is 8.38. The van der Waals surface area contributed by atoms with Gasteiger partial charge in [0.15, 0.2) is 10.9 Å². The Kier molecular flexibility index (Phi) is 6.34. The maximum absolute atomic E-state index is 12.4. The Morgan fingerprint density at radius 1 is 1.17 bits per heavy atom. The Balaban J connectivity index is 1.44. The molecule has 0 saturated heterocycles. The molecule has 1 aromatic carbocycles. The van der Waals surface area contributed by atoms with Crippen LogP contribution in [0.2, 0.25) is 0 Å². The fourth-order valence-corrected chi connectivity index (χ4v) is 4.64. The first-order chi connectivity index (χ1) is 14.2. The third-order valence-corrected chi connectivity index (χ3v) is 6.36. The van der Waals surface area contributed by atoms with E-state index in [1.54, 1.807) is 6.26 Å². The molecule has 0 atom stereocenters. The van der Waals surface area contributed by atoms with Gasteiger partial charge in [-0.1, -0.05) is 55.3 Å². The van der Waals surface area contributed by atoms with E-state index in [0.717, 1.165) is 35.1 Å². The molecule has 152 valence electrons. The Hall–Kier alpha value is -2.54. The van der Waals surface area contributed by atoms with E-state index in [1.165, 1.54) is 36.6 Å². The Morgan fingerprint density at radius 3 is 2.76 bits per heavy atom. The first kappa shape index (κ1) is 19.8. The first-order valence-electron chi connectivity index (χ1n) is 10.1. The lowest BCUT2D eigenvalue weighted by molar-refractivity contribution is -0.118. The number of carbonyl (C=O) groups is 1. The lowest BCUT2D eigenvalue weighted by atomic mass is 9.95. The molecular formula is C22H26N4O2S. The van der Waals surface area contributed by atoms with E-state index in [0.29, 0.717) is 18.3 Å². The van der Waals surface area contributed by atoms with Crippen molar-refractivity contribution in [3.8, 4) is 11.6 Å². The molecule has 1 saturated carbocycles. The van der Waals surface area contributed by atoms with Gasteiger partial charge in [0.25, 0.3) is 0 Å². The summed E-state index contributed by atoms with van der Waals surface area (Å²) in [6, 6.07) is 12.2. The molecule has 4 rings (SSSR count). The molecule has 1 aliphatic carbocycles. The van der Waals surface area contributed by atoms with Crippen LogP contribution in [0.4, 0.5) is 0 Å². The number of carbonyl (C=O) groups excluding carboxylic acids is 1. The normalized spacial score (nSPS) is 14.8. The van der Waals surface area contributed by atoms with Gasteiger partial charge in [-0.25, -0.2) is 0 Å². The number of benzene rings is 1. The predicted octanol–water partition coefficient (Wildman–Crippen LogP) is 4.76. The number of nitrogens with zero attached hydrogens (tertiary/aromatic N) is 3. The van der Waals surface area contributed by atoms with Gasteiger partial charge in [0, 0.05) is 12.6 Å². The van der Waals surface area contributed by atoms with Crippen molar-refractivity contribution in [2.24, 2.45) is 0 Å². The van der Waals surface area contributed by atoms with Crippen LogP contribution in [0, 0.1) is 6.92 Å². The van der Waals surface area contributed by atoms with Gasteiger partial charge < -0.3 is 9.73 Å². The van der Waals surface area contributed by atoms with Crippen molar-refractivity contribution in [2.45, 2.75) is 56.8 Å². The lowest BCUT2D eigenvalue weighted by Gasteiger charge is -2.25. The summed E-state index contributed by atoms with van der Waals surface area (Å²) in [5, 5.41) is 12.6. The summed E-state index contributed by atoms with van der Waals surface area (Å²) >= 11 is 1.44. The van der Waals surface area contributed by atoms with Crippen molar-refractivity contribution in [3.63, 3.8) is 0 Å². The minimum absolute atomic E-state index is 0.00371. The van der Waals surface area contributed by atoms with Crippen LogP contribution in [-0.2, 0) is 11.3 Å². The summed E-state index contributed by atoms with van der Waals surface area (Å²) < 4.78 is 7.75. The van der Waals surface area contributed by atoms with E-state index in [4.69, 9.17) is 4.42 Å². The lowest BCUT2D eigenvalue weighted by Crippen LogP contribution is -2.25. The maximum Gasteiger partial charge on any atom is 0.230 e. The number of thioether (sulfide) groups is 1. The van der Waals surface area contributed by atoms with Crippen LogP contribution in [0.1, 0.15) is 49.3 Å². The SMILES string of the molecule is Cc1ccccc1CNC(=O)CSc1nnc(-c2ccco2)n1C1CCCCC1. The molecule has 7 heteroatoms. The molecule has 0 spiro atoms. The van der Waals surface area contributed by atoms with Gasteiger partial charge in [-0.15, -0.1) is 10.2 Å². The van der Waals surface area contributed by atoms with Crippen LogP contribution in [-0.4, -0.2) is 26.4 Å². The summed E-state index contributed by atoms with van der Waals surface area (Å²) in [7, 11) is 0. The predicted molar refractivity (Wildman–Crippen MR) is 114 cm³/mol. The van der Waals surface area contributed by atoms with Crippen molar-refractivity contribution >= 4 is 17.7 Å². The zero-order chi connectivity index (χ0) is 20.1. The molecule has 0 radical (unpaired) electrons. The van der Waals surface area contributed by atoms with E-state index in [9.17, 15) is 4.79 Å². The molecular weight excluding hydrogens is 384 g/mol. The summed E-state index contributed by atoms with van der Waals surface area (Å²) in [5.74, 6) is 1.79. The maximum atomic E-state index is 12.4. The minimum Gasteiger partial charge on any atom is -0.461 e. The van der Waals surface area contributed by atoms with Gasteiger partial charge in [0.05, 0.1) is 12.0 Å². The number of hydrogen-bond acceptors (Lipinski definition) is 5. The fourth-order valence-electron chi connectivity index (χ4n) is 3.80. The molecule has 1 N–H and O–H groups in total. The van der Waals surface area contributed by atoms with Crippen LogP contribution >= 0.6 is 11.8 Å². The minimum atomic E-state index is -0.00371. The van der Waals surface area contributed by atoms with Crippen molar-refractivity contribution in [1.29, 1.82) is 0 Å². The number of aromatic nitrogens is 3. The zero-order valence-electron chi connectivity index (χ0n) is 16.6. The molecule has 1 fully saturated rings. The summed E-state index contributed by atoms with van der Waals surface area (Å²) in [6.07, 6.45) is 7.57. The first-order valence-corrected chi connectivity index (χ1v) is 11.1. The third kappa shape index (κ3) is 4.72. The van der Waals surface area contributed by atoms with Gasteiger partial charge in [0.2, 0.25) is 11.7 Å². The van der Waals surface area contributed by atoms with Gasteiger partial charge in [-0.3, -0.25) is 9.36 Å². The Labute approximate surface area is 175 Å². The summed E-state index contributed by atoms with van der Waals surface area (Å²) in [5.41, 5.74) is 2.32. The van der Waals surface area contributed by atoms with Crippen molar-refractivity contribution < 1.29 is 9.21 Å². The van der Waals surface area contributed by atoms with Crippen molar-refractivity contribution in [2.75, 3.05) is 5.75 Å². The quantitative estimate of drug-likeness (QED) is 0.569. The number of hydrogen-bond donors (Lipinski definition) is 1. The second-order valence-electron chi connectivity index (χ2n) is 7.44. The van der Waals surface area contributed by atoms with Crippen LogP contribution in [0.25, 0.3) is 11.6 Å². The molecule has 0 unspecified atom stereocenters. The molecule has 1 aliphatic rings. The van der Waals surface area contributed by atoms with E-state index >= 15 is 0 Å². The second kappa shape index (κ2) is 9.31. The average Bonchev–Trinajstić information content (AvgIpc) is 3.42. The zero-order valence-corrected chi connectivity index (χ0v) is 17.5. The summed E-state index contributed by atoms with van der Waals surface area (Å²) in [6.45, 7) is 2.60. The fraction of sp³-hybridized carbons (Fsp3) is 0.409. The molecule has 3 aromatic rings. The number of amides is 1. The van der Waals surface area contributed by atoms with E-state index in [-0.39, 0.29) is 5.91 Å². The van der Waals surface area contributed by atoms with Crippen molar-refractivity contribution in [1.82, 2.24) is 20.1 Å². The van der Waals surface area contributed by atoms with Crippen molar-refractivity contribution in [3.05, 3.63) is 53.8 Å². The Bertz CT molecular complexity index is 946.